The van der Waals surface area contributed by atoms with Gasteiger partial charge in [0.2, 0.25) is 0 Å². The number of nitriles is 1. The van der Waals surface area contributed by atoms with E-state index in [2.05, 4.69) is 157 Å². The maximum atomic E-state index is 10.2. The highest BCUT2D eigenvalue weighted by atomic mass is 15.0. The van der Waals surface area contributed by atoms with Gasteiger partial charge < -0.3 is 4.57 Å². The van der Waals surface area contributed by atoms with Crippen molar-refractivity contribution >= 4 is 21.8 Å². The summed E-state index contributed by atoms with van der Waals surface area (Å²) in [4.78, 5) is 5.33. The Morgan fingerprint density at radius 2 is 1.15 bits per heavy atom. The fourth-order valence-electron chi connectivity index (χ4n) is 8.43. The molecule has 0 spiro atoms. The zero-order valence-corrected chi connectivity index (χ0v) is 29.2. The van der Waals surface area contributed by atoms with Gasteiger partial charge in [0.1, 0.15) is 0 Å². The summed E-state index contributed by atoms with van der Waals surface area (Å²) in [6.07, 6.45) is 0. The van der Waals surface area contributed by atoms with E-state index in [0.717, 1.165) is 61.5 Å². The molecule has 248 valence electrons. The van der Waals surface area contributed by atoms with Crippen LogP contribution in [0.2, 0.25) is 0 Å². The van der Waals surface area contributed by atoms with Crippen molar-refractivity contribution in [2.75, 3.05) is 0 Å². The van der Waals surface area contributed by atoms with E-state index in [-0.39, 0.29) is 5.92 Å². The lowest BCUT2D eigenvalue weighted by atomic mass is 9.94. The first kappa shape index (κ1) is 30.8. The summed E-state index contributed by atoms with van der Waals surface area (Å²) in [5.74, 6) is 0.273. The van der Waals surface area contributed by atoms with Crippen LogP contribution < -0.4 is 0 Å². The van der Waals surface area contributed by atoms with Crippen molar-refractivity contribution in [2.45, 2.75) is 12.8 Å². The van der Waals surface area contributed by atoms with Crippen molar-refractivity contribution in [2.24, 2.45) is 0 Å². The number of para-hydroxylation sites is 1. The van der Waals surface area contributed by atoms with Crippen molar-refractivity contribution in [1.82, 2.24) is 9.55 Å². The molecule has 0 bridgehead atoms. The highest BCUT2D eigenvalue weighted by Crippen LogP contribution is 2.50. The van der Waals surface area contributed by atoms with Crippen LogP contribution in [0.1, 0.15) is 29.5 Å². The third-order valence-corrected chi connectivity index (χ3v) is 10.9. The number of rotatable bonds is 5. The molecule has 0 saturated carbocycles. The van der Waals surface area contributed by atoms with Crippen LogP contribution in [0.5, 0.6) is 0 Å². The second-order valence-corrected chi connectivity index (χ2v) is 13.9. The van der Waals surface area contributed by atoms with Crippen LogP contribution in [-0.2, 0) is 0 Å². The standard InChI is InChI=1S/C50H33N3/c1-32-40-19-10-11-21-42(40)43-24-25-48-50(49(32)43)44-22-12-13-23-47(44)53(48)39-27-37(41-20-9-8-18-35(41)31-51)26-38(28-39)46-30-36(33-14-4-2-5-15-33)29-45(52-46)34-16-6-3-7-17-34/h2-30,32H,1H3. The predicted molar refractivity (Wildman–Crippen MR) is 218 cm³/mol. The first-order valence-electron chi connectivity index (χ1n) is 18.1. The molecule has 53 heavy (non-hydrogen) atoms. The van der Waals surface area contributed by atoms with Crippen LogP contribution in [0.25, 0.3) is 83.4 Å². The van der Waals surface area contributed by atoms with Crippen molar-refractivity contribution in [1.29, 1.82) is 5.26 Å². The maximum absolute atomic E-state index is 10.2. The molecule has 10 rings (SSSR count). The smallest absolute Gasteiger partial charge is 0.0998 e. The largest absolute Gasteiger partial charge is 0.309 e. The van der Waals surface area contributed by atoms with Crippen molar-refractivity contribution in [3.8, 4) is 67.7 Å². The van der Waals surface area contributed by atoms with Crippen LogP contribution in [-0.4, -0.2) is 9.55 Å². The zero-order valence-electron chi connectivity index (χ0n) is 29.2. The van der Waals surface area contributed by atoms with Crippen LogP contribution >= 0.6 is 0 Å². The SMILES string of the molecule is CC1c2ccccc2-c2ccc3c(c21)c1ccccc1n3-c1cc(-c2cc(-c3ccccc3)cc(-c3ccccc3)n2)cc(-c2ccccc2C#N)c1. The Bertz CT molecular complexity index is 2850. The normalized spacial score (nSPS) is 13.2. The Morgan fingerprint density at radius 3 is 1.94 bits per heavy atom. The summed E-state index contributed by atoms with van der Waals surface area (Å²) < 4.78 is 2.40. The van der Waals surface area contributed by atoms with Gasteiger partial charge in [0.25, 0.3) is 0 Å². The lowest BCUT2D eigenvalue weighted by Crippen LogP contribution is -1.98. The van der Waals surface area contributed by atoms with Gasteiger partial charge in [0.15, 0.2) is 0 Å². The minimum atomic E-state index is 0.273. The van der Waals surface area contributed by atoms with Gasteiger partial charge in [0.05, 0.1) is 34.1 Å². The van der Waals surface area contributed by atoms with E-state index in [0.29, 0.717) is 5.56 Å². The second kappa shape index (κ2) is 12.3. The van der Waals surface area contributed by atoms with E-state index < -0.39 is 0 Å². The molecule has 3 heteroatoms. The molecule has 3 nitrogen and oxygen atoms in total. The Balaban J connectivity index is 1.27. The number of pyridine rings is 1. The van der Waals surface area contributed by atoms with Crippen LogP contribution in [0.15, 0.2) is 176 Å². The minimum absolute atomic E-state index is 0.273. The Morgan fingerprint density at radius 1 is 0.509 bits per heavy atom. The Kier molecular flexibility index (Phi) is 7.16. The van der Waals surface area contributed by atoms with Gasteiger partial charge in [-0.2, -0.15) is 5.26 Å². The molecule has 2 aromatic heterocycles. The van der Waals surface area contributed by atoms with Gasteiger partial charge in [-0.3, -0.25) is 0 Å². The fourth-order valence-corrected chi connectivity index (χ4v) is 8.43. The zero-order chi connectivity index (χ0) is 35.5. The number of benzene rings is 7. The quantitative estimate of drug-likeness (QED) is 0.182. The predicted octanol–water partition coefficient (Wildman–Crippen LogP) is 12.9. The molecular weight excluding hydrogens is 643 g/mol. The Labute approximate surface area is 308 Å². The highest BCUT2D eigenvalue weighted by Gasteiger charge is 2.29. The molecule has 1 aliphatic rings. The number of hydrogen-bond acceptors (Lipinski definition) is 2. The van der Waals surface area contributed by atoms with Gasteiger partial charge >= 0.3 is 0 Å². The molecule has 9 aromatic rings. The summed E-state index contributed by atoms with van der Waals surface area (Å²) in [6, 6.07) is 64.4. The Hall–Kier alpha value is -7.02. The third-order valence-electron chi connectivity index (χ3n) is 10.9. The van der Waals surface area contributed by atoms with Crippen molar-refractivity contribution < 1.29 is 0 Å². The van der Waals surface area contributed by atoms with Crippen LogP contribution in [0, 0.1) is 11.3 Å². The molecule has 0 radical (unpaired) electrons. The van der Waals surface area contributed by atoms with Gasteiger partial charge in [-0.15, -0.1) is 0 Å². The van der Waals surface area contributed by atoms with E-state index in [4.69, 9.17) is 4.98 Å². The summed E-state index contributed by atoms with van der Waals surface area (Å²) in [5.41, 5.74) is 17.3. The highest BCUT2D eigenvalue weighted by molar-refractivity contribution is 6.14. The number of hydrogen-bond donors (Lipinski definition) is 0. The first-order chi connectivity index (χ1) is 26.2. The molecule has 1 unspecified atom stereocenters. The molecule has 0 N–H and O–H groups in total. The molecule has 0 amide bonds. The third kappa shape index (κ3) is 4.99. The molecule has 1 atom stereocenters. The van der Waals surface area contributed by atoms with Gasteiger partial charge in [0, 0.05) is 33.5 Å². The number of aromatic nitrogens is 2. The fraction of sp³-hybridized carbons (Fsp3) is 0.0400. The topological polar surface area (TPSA) is 41.6 Å². The summed E-state index contributed by atoms with van der Waals surface area (Å²) >= 11 is 0. The van der Waals surface area contributed by atoms with E-state index in [1.165, 1.54) is 33.0 Å². The van der Waals surface area contributed by atoms with E-state index >= 15 is 0 Å². The molecule has 2 heterocycles. The second-order valence-electron chi connectivity index (χ2n) is 13.9. The maximum Gasteiger partial charge on any atom is 0.0998 e. The monoisotopic (exact) mass is 675 g/mol. The van der Waals surface area contributed by atoms with E-state index in [1.807, 2.05) is 36.4 Å². The van der Waals surface area contributed by atoms with Crippen LogP contribution in [0.4, 0.5) is 0 Å². The molecular formula is C50H33N3. The molecule has 1 aliphatic carbocycles. The molecule has 0 saturated heterocycles. The lowest BCUT2D eigenvalue weighted by Gasteiger charge is -2.16. The average molecular weight is 676 g/mol. The van der Waals surface area contributed by atoms with E-state index in [1.54, 1.807) is 0 Å². The molecule has 7 aromatic carbocycles. The summed E-state index contributed by atoms with van der Waals surface area (Å²) in [7, 11) is 0. The van der Waals surface area contributed by atoms with Gasteiger partial charge in [-0.1, -0.05) is 134 Å². The minimum Gasteiger partial charge on any atom is -0.309 e. The number of nitrogens with zero attached hydrogens (tertiary/aromatic N) is 3. The average Bonchev–Trinajstić information content (AvgIpc) is 3.72. The van der Waals surface area contributed by atoms with Crippen molar-refractivity contribution in [3.63, 3.8) is 0 Å². The van der Waals surface area contributed by atoms with Crippen molar-refractivity contribution in [3.05, 3.63) is 193 Å². The summed E-state index contributed by atoms with van der Waals surface area (Å²) in [6.45, 7) is 2.34. The number of fused-ring (bicyclic) bond motifs is 7. The van der Waals surface area contributed by atoms with Gasteiger partial charge in [-0.05, 0) is 93.0 Å². The van der Waals surface area contributed by atoms with Gasteiger partial charge in [-0.25, -0.2) is 4.98 Å². The summed E-state index contributed by atoms with van der Waals surface area (Å²) in [5, 5.41) is 12.8. The van der Waals surface area contributed by atoms with E-state index in [9.17, 15) is 5.26 Å². The molecule has 0 aliphatic heterocycles. The van der Waals surface area contributed by atoms with Crippen LogP contribution in [0.3, 0.4) is 0 Å². The lowest BCUT2D eigenvalue weighted by molar-refractivity contribution is 0.967. The first-order valence-corrected chi connectivity index (χ1v) is 18.1. The molecule has 0 fully saturated rings.